The van der Waals surface area contributed by atoms with Crippen LogP contribution in [0.2, 0.25) is 5.02 Å². The van der Waals surface area contributed by atoms with E-state index in [1.807, 2.05) is 86.6 Å². The molecule has 0 bridgehead atoms. The maximum absolute atomic E-state index is 12.5. The van der Waals surface area contributed by atoms with Gasteiger partial charge in [-0.05, 0) is 55.3 Å². The number of nitrogens with one attached hydrogen (secondary N) is 1. The first-order valence-electron chi connectivity index (χ1n) is 8.82. The fourth-order valence-corrected chi connectivity index (χ4v) is 3.06. The lowest BCUT2D eigenvalue weighted by Gasteiger charge is -2.27. The third kappa shape index (κ3) is 5.11. The van der Waals surface area contributed by atoms with Crippen molar-refractivity contribution in [3.05, 3.63) is 95.0 Å². The number of ether oxygens (including phenoxy) is 1. The van der Waals surface area contributed by atoms with Crippen molar-refractivity contribution in [1.82, 2.24) is 5.32 Å². The number of para-hydroxylation sites is 1. The van der Waals surface area contributed by atoms with Crippen molar-refractivity contribution < 1.29 is 9.53 Å². The van der Waals surface area contributed by atoms with E-state index in [4.69, 9.17) is 16.3 Å². The number of carbonyl (C=O) groups is 1. The van der Waals surface area contributed by atoms with Crippen LogP contribution < -0.4 is 10.1 Å². The van der Waals surface area contributed by atoms with Gasteiger partial charge in [-0.15, -0.1) is 0 Å². The van der Waals surface area contributed by atoms with E-state index in [0.717, 1.165) is 22.6 Å². The van der Waals surface area contributed by atoms with Crippen LogP contribution in [0.4, 0.5) is 0 Å². The summed E-state index contributed by atoms with van der Waals surface area (Å²) in [5, 5.41) is 3.69. The van der Waals surface area contributed by atoms with Gasteiger partial charge >= 0.3 is 0 Å². The molecular formula is C23H22ClNO2. The van der Waals surface area contributed by atoms with Crippen LogP contribution in [0.15, 0.2) is 78.9 Å². The van der Waals surface area contributed by atoms with Crippen molar-refractivity contribution in [1.29, 1.82) is 0 Å². The second kappa shape index (κ2) is 8.28. The number of benzene rings is 3. The molecule has 4 heteroatoms. The third-order valence-corrected chi connectivity index (χ3v) is 4.66. The molecule has 0 aliphatic rings. The Morgan fingerprint density at radius 1 is 0.926 bits per heavy atom. The van der Waals surface area contributed by atoms with Crippen molar-refractivity contribution in [2.45, 2.75) is 25.8 Å². The molecule has 0 aromatic heterocycles. The van der Waals surface area contributed by atoms with Gasteiger partial charge < -0.3 is 10.1 Å². The van der Waals surface area contributed by atoms with Crippen LogP contribution in [-0.2, 0) is 16.8 Å². The van der Waals surface area contributed by atoms with E-state index in [-0.39, 0.29) is 12.3 Å². The van der Waals surface area contributed by atoms with Crippen molar-refractivity contribution in [3.8, 4) is 11.5 Å². The molecule has 0 saturated carbocycles. The minimum absolute atomic E-state index is 0.0810. The standard InChI is InChI=1S/C23H22ClNO2/c1-23(2,25-22(26)15-17-9-6-7-14-21(17)24)18-10-8-13-20(16-18)27-19-11-4-3-5-12-19/h3-14,16H,15H2,1-2H3,(H,25,26). The smallest absolute Gasteiger partial charge is 0.225 e. The van der Waals surface area contributed by atoms with E-state index in [0.29, 0.717) is 5.02 Å². The summed E-state index contributed by atoms with van der Waals surface area (Å²) in [6, 6.07) is 24.8. The molecule has 0 heterocycles. The Hall–Kier alpha value is -2.78. The van der Waals surface area contributed by atoms with E-state index in [2.05, 4.69) is 5.32 Å². The number of hydrogen-bond acceptors (Lipinski definition) is 2. The van der Waals surface area contributed by atoms with Crippen LogP contribution in [-0.4, -0.2) is 5.91 Å². The maximum Gasteiger partial charge on any atom is 0.225 e. The lowest BCUT2D eigenvalue weighted by atomic mass is 9.93. The Kier molecular flexibility index (Phi) is 5.82. The Morgan fingerprint density at radius 2 is 1.59 bits per heavy atom. The van der Waals surface area contributed by atoms with Crippen LogP contribution in [0.5, 0.6) is 11.5 Å². The predicted octanol–water partition coefficient (Wildman–Crippen LogP) is 5.73. The summed E-state index contributed by atoms with van der Waals surface area (Å²) in [7, 11) is 0. The Labute approximate surface area is 164 Å². The van der Waals surface area contributed by atoms with Gasteiger partial charge in [0.05, 0.1) is 12.0 Å². The summed E-state index contributed by atoms with van der Waals surface area (Å²) in [6.45, 7) is 3.94. The second-order valence-corrected chi connectivity index (χ2v) is 7.29. The first-order valence-corrected chi connectivity index (χ1v) is 9.20. The summed E-state index contributed by atoms with van der Waals surface area (Å²) >= 11 is 6.16. The third-order valence-electron chi connectivity index (χ3n) is 4.30. The molecule has 0 fully saturated rings. The molecule has 1 amide bonds. The molecule has 0 aliphatic heterocycles. The highest BCUT2D eigenvalue weighted by Gasteiger charge is 2.23. The van der Waals surface area contributed by atoms with Crippen molar-refractivity contribution in [3.63, 3.8) is 0 Å². The van der Waals surface area contributed by atoms with Gasteiger partial charge in [-0.3, -0.25) is 4.79 Å². The molecule has 0 aliphatic carbocycles. The zero-order valence-corrected chi connectivity index (χ0v) is 16.2. The van der Waals surface area contributed by atoms with Crippen molar-refractivity contribution in [2.75, 3.05) is 0 Å². The topological polar surface area (TPSA) is 38.3 Å². The van der Waals surface area contributed by atoms with Gasteiger partial charge in [0, 0.05) is 5.02 Å². The van der Waals surface area contributed by atoms with Crippen LogP contribution in [0.25, 0.3) is 0 Å². The van der Waals surface area contributed by atoms with Crippen molar-refractivity contribution >= 4 is 17.5 Å². The molecule has 0 atom stereocenters. The number of halogens is 1. The fraction of sp³-hybridized carbons (Fsp3) is 0.174. The summed E-state index contributed by atoms with van der Waals surface area (Å²) < 4.78 is 5.90. The zero-order valence-electron chi connectivity index (χ0n) is 15.4. The number of carbonyl (C=O) groups excluding carboxylic acids is 1. The molecule has 0 saturated heterocycles. The van der Waals surface area contributed by atoms with Crippen molar-refractivity contribution in [2.24, 2.45) is 0 Å². The molecule has 3 nitrogen and oxygen atoms in total. The minimum atomic E-state index is -0.547. The normalized spacial score (nSPS) is 11.1. The second-order valence-electron chi connectivity index (χ2n) is 6.88. The molecule has 3 aromatic carbocycles. The highest BCUT2D eigenvalue weighted by atomic mass is 35.5. The van der Waals surface area contributed by atoms with Gasteiger partial charge in [-0.1, -0.05) is 60.1 Å². The molecule has 3 rings (SSSR count). The molecule has 27 heavy (non-hydrogen) atoms. The van der Waals surface area contributed by atoms with Gasteiger partial charge in [0.25, 0.3) is 0 Å². The quantitative estimate of drug-likeness (QED) is 0.594. The first-order chi connectivity index (χ1) is 12.9. The Morgan fingerprint density at radius 3 is 2.33 bits per heavy atom. The maximum atomic E-state index is 12.5. The Bertz CT molecular complexity index is 922. The number of rotatable bonds is 6. The summed E-state index contributed by atoms with van der Waals surface area (Å²) in [4.78, 5) is 12.5. The Balaban J connectivity index is 1.71. The highest BCUT2D eigenvalue weighted by molar-refractivity contribution is 6.31. The van der Waals surface area contributed by atoms with Gasteiger partial charge in [-0.2, -0.15) is 0 Å². The summed E-state index contributed by atoms with van der Waals surface area (Å²) in [5.74, 6) is 1.42. The van der Waals surface area contributed by atoms with Gasteiger partial charge in [-0.25, -0.2) is 0 Å². The number of hydrogen-bond donors (Lipinski definition) is 1. The lowest BCUT2D eigenvalue weighted by molar-refractivity contribution is -0.122. The molecule has 0 spiro atoms. The highest BCUT2D eigenvalue weighted by Crippen LogP contribution is 2.27. The number of amides is 1. The molecule has 0 radical (unpaired) electrons. The average Bonchev–Trinajstić information content (AvgIpc) is 2.64. The first kappa shape index (κ1) is 19.0. The van der Waals surface area contributed by atoms with Gasteiger partial charge in [0.1, 0.15) is 11.5 Å². The van der Waals surface area contributed by atoms with E-state index in [1.54, 1.807) is 6.07 Å². The minimum Gasteiger partial charge on any atom is -0.457 e. The average molecular weight is 380 g/mol. The van der Waals surface area contributed by atoms with E-state index >= 15 is 0 Å². The van der Waals surface area contributed by atoms with Crippen LogP contribution in [0.1, 0.15) is 25.0 Å². The van der Waals surface area contributed by atoms with Crippen LogP contribution in [0, 0.1) is 0 Å². The molecule has 1 N–H and O–H groups in total. The molecule has 3 aromatic rings. The monoisotopic (exact) mass is 379 g/mol. The zero-order chi connectivity index (χ0) is 19.3. The molecule has 138 valence electrons. The van der Waals surface area contributed by atoms with E-state index in [1.165, 1.54) is 0 Å². The fourth-order valence-electron chi connectivity index (χ4n) is 2.85. The van der Waals surface area contributed by atoms with Gasteiger partial charge in [0.15, 0.2) is 0 Å². The summed E-state index contributed by atoms with van der Waals surface area (Å²) in [5.41, 5.74) is 1.23. The molecular weight excluding hydrogens is 358 g/mol. The van der Waals surface area contributed by atoms with E-state index < -0.39 is 5.54 Å². The lowest BCUT2D eigenvalue weighted by Crippen LogP contribution is -2.41. The molecule has 0 unspecified atom stereocenters. The van der Waals surface area contributed by atoms with Gasteiger partial charge in [0.2, 0.25) is 5.91 Å². The van der Waals surface area contributed by atoms with E-state index in [9.17, 15) is 4.79 Å². The SMILES string of the molecule is CC(C)(NC(=O)Cc1ccccc1Cl)c1cccc(Oc2ccccc2)c1. The largest absolute Gasteiger partial charge is 0.457 e. The summed E-state index contributed by atoms with van der Waals surface area (Å²) in [6.07, 6.45) is 0.239. The van der Waals surface area contributed by atoms with Crippen LogP contribution in [0.3, 0.4) is 0 Å². The van der Waals surface area contributed by atoms with Crippen LogP contribution >= 0.6 is 11.6 Å². The predicted molar refractivity (Wildman–Crippen MR) is 109 cm³/mol.